The van der Waals surface area contributed by atoms with E-state index in [2.05, 4.69) is 5.32 Å². The van der Waals surface area contributed by atoms with Gasteiger partial charge in [-0.15, -0.1) is 0 Å². The van der Waals surface area contributed by atoms with Gasteiger partial charge >= 0.3 is 6.03 Å². The second-order valence-electron chi connectivity index (χ2n) is 8.48. The molecular weight excluding hydrogens is 412 g/mol. The van der Waals surface area contributed by atoms with E-state index in [-0.39, 0.29) is 11.6 Å². The number of aryl methyl sites for hydroxylation is 3. The van der Waals surface area contributed by atoms with Gasteiger partial charge in [-0.1, -0.05) is 30.3 Å². The van der Waals surface area contributed by atoms with Gasteiger partial charge in [0, 0.05) is 12.7 Å². The summed E-state index contributed by atoms with van der Waals surface area (Å²) in [6.45, 7) is 7.91. The van der Waals surface area contributed by atoms with Crippen molar-refractivity contribution >= 4 is 22.6 Å². The number of carbonyl (C=O) groups is 1. The lowest BCUT2D eigenvalue weighted by Gasteiger charge is -2.27. The number of nitrogens with one attached hydrogen (secondary N) is 1. The van der Waals surface area contributed by atoms with Crippen LogP contribution in [-0.2, 0) is 0 Å². The Morgan fingerprint density at radius 2 is 1.73 bits per heavy atom. The SMILES string of the molecule is Cc1cccc(NC(=O)N(C)C(C)c2nc3ccccc3c(=O)n2-c2ccc(C)c(C)c2)c1. The number of nitrogens with zero attached hydrogens (tertiary/aromatic N) is 3. The highest BCUT2D eigenvalue weighted by molar-refractivity contribution is 5.89. The second-order valence-corrected chi connectivity index (χ2v) is 8.48. The summed E-state index contributed by atoms with van der Waals surface area (Å²) in [6.07, 6.45) is 0. The maximum absolute atomic E-state index is 13.6. The topological polar surface area (TPSA) is 67.2 Å². The van der Waals surface area contributed by atoms with Crippen LogP contribution in [0.4, 0.5) is 10.5 Å². The molecule has 168 valence electrons. The van der Waals surface area contributed by atoms with Crippen LogP contribution in [0.3, 0.4) is 0 Å². The average molecular weight is 441 g/mol. The monoisotopic (exact) mass is 440 g/mol. The van der Waals surface area contributed by atoms with Gasteiger partial charge in [-0.05, 0) is 80.8 Å². The molecule has 2 amide bonds. The minimum Gasteiger partial charge on any atom is -0.318 e. The molecule has 0 aliphatic carbocycles. The Labute approximate surface area is 193 Å². The van der Waals surface area contributed by atoms with Gasteiger partial charge in [-0.25, -0.2) is 9.78 Å². The lowest BCUT2D eigenvalue weighted by atomic mass is 10.1. The summed E-state index contributed by atoms with van der Waals surface area (Å²) < 4.78 is 1.62. The number of carbonyl (C=O) groups excluding carboxylic acids is 1. The number of rotatable bonds is 4. The van der Waals surface area contributed by atoms with Crippen molar-refractivity contribution in [3.8, 4) is 5.69 Å². The van der Waals surface area contributed by atoms with Gasteiger partial charge in [0.15, 0.2) is 0 Å². The number of fused-ring (bicyclic) bond motifs is 1. The van der Waals surface area contributed by atoms with E-state index >= 15 is 0 Å². The zero-order valence-electron chi connectivity index (χ0n) is 19.6. The Kier molecular flexibility index (Phi) is 6.01. The molecule has 0 radical (unpaired) electrons. The first-order valence-corrected chi connectivity index (χ1v) is 11.0. The quantitative estimate of drug-likeness (QED) is 0.453. The summed E-state index contributed by atoms with van der Waals surface area (Å²) in [5.41, 5.74) is 5.19. The molecule has 1 unspecified atom stereocenters. The highest BCUT2D eigenvalue weighted by atomic mass is 16.2. The number of amides is 2. The molecule has 0 spiro atoms. The number of hydrogen-bond acceptors (Lipinski definition) is 3. The van der Waals surface area contributed by atoms with E-state index in [0.29, 0.717) is 16.7 Å². The van der Waals surface area contributed by atoms with Crippen LogP contribution in [0.5, 0.6) is 0 Å². The Morgan fingerprint density at radius 3 is 2.45 bits per heavy atom. The van der Waals surface area contributed by atoms with Gasteiger partial charge in [-0.2, -0.15) is 0 Å². The van der Waals surface area contributed by atoms with E-state index in [9.17, 15) is 9.59 Å². The molecule has 1 N–H and O–H groups in total. The molecule has 33 heavy (non-hydrogen) atoms. The number of para-hydroxylation sites is 1. The number of hydrogen-bond donors (Lipinski definition) is 1. The summed E-state index contributed by atoms with van der Waals surface area (Å²) in [7, 11) is 1.71. The zero-order valence-corrected chi connectivity index (χ0v) is 19.6. The van der Waals surface area contributed by atoms with Crippen molar-refractivity contribution < 1.29 is 4.79 Å². The maximum atomic E-state index is 13.6. The maximum Gasteiger partial charge on any atom is 0.322 e. The lowest BCUT2D eigenvalue weighted by molar-refractivity contribution is 0.205. The normalized spacial score (nSPS) is 11.9. The van der Waals surface area contributed by atoms with Crippen LogP contribution in [0.25, 0.3) is 16.6 Å². The molecule has 1 aromatic heterocycles. The molecule has 4 aromatic rings. The average Bonchev–Trinajstić information content (AvgIpc) is 2.80. The van der Waals surface area contributed by atoms with Crippen LogP contribution in [0.15, 0.2) is 71.5 Å². The second kappa shape index (κ2) is 8.90. The first kappa shape index (κ1) is 22.3. The zero-order chi connectivity index (χ0) is 23.7. The highest BCUT2D eigenvalue weighted by Crippen LogP contribution is 2.24. The van der Waals surface area contributed by atoms with Crippen LogP contribution in [-0.4, -0.2) is 27.5 Å². The van der Waals surface area contributed by atoms with Gasteiger partial charge in [0.2, 0.25) is 0 Å². The van der Waals surface area contributed by atoms with Gasteiger partial charge in [0.05, 0.1) is 22.6 Å². The minimum absolute atomic E-state index is 0.154. The Hall–Kier alpha value is -3.93. The molecule has 0 saturated carbocycles. The molecule has 0 fully saturated rings. The third-order valence-corrected chi connectivity index (χ3v) is 6.09. The highest BCUT2D eigenvalue weighted by Gasteiger charge is 2.24. The van der Waals surface area contributed by atoms with Gasteiger partial charge in [-0.3, -0.25) is 9.36 Å². The van der Waals surface area contributed by atoms with Crippen LogP contribution < -0.4 is 10.9 Å². The molecular formula is C27H28N4O2. The minimum atomic E-state index is -0.464. The van der Waals surface area contributed by atoms with Crippen molar-refractivity contribution in [2.75, 3.05) is 12.4 Å². The summed E-state index contributed by atoms with van der Waals surface area (Å²) in [6, 6.07) is 20.1. The van der Waals surface area contributed by atoms with Crippen molar-refractivity contribution in [2.24, 2.45) is 0 Å². The Balaban J connectivity index is 1.80. The third kappa shape index (κ3) is 4.37. The van der Waals surface area contributed by atoms with Gasteiger partial charge < -0.3 is 10.2 Å². The van der Waals surface area contributed by atoms with E-state index < -0.39 is 6.04 Å². The molecule has 0 aliphatic heterocycles. The fraction of sp³-hybridized carbons (Fsp3) is 0.222. The van der Waals surface area contributed by atoms with Gasteiger partial charge in [0.25, 0.3) is 5.56 Å². The molecule has 6 heteroatoms. The predicted molar refractivity (Wildman–Crippen MR) is 133 cm³/mol. The van der Waals surface area contributed by atoms with Crippen molar-refractivity contribution in [2.45, 2.75) is 33.7 Å². The van der Waals surface area contributed by atoms with E-state index in [0.717, 1.165) is 28.1 Å². The van der Waals surface area contributed by atoms with Crippen molar-refractivity contribution in [3.05, 3.63) is 99.6 Å². The van der Waals surface area contributed by atoms with Crippen LogP contribution in [0.2, 0.25) is 0 Å². The summed E-state index contributed by atoms with van der Waals surface area (Å²) in [5.74, 6) is 0.504. The molecule has 0 saturated heterocycles. The van der Waals surface area contributed by atoms with Crippen molar-refractivity contribution in [1.82, 2.24) is 14.5 Å². The molecule has 0 aliphatic rings. The first-order valence-electron chi connectivity index (χ1n) is 11.0. The number of aromatic nitrogens is 2. The molecule has 6 nitrogen and oxygen atoms in total. The Morgan fingerprint density at radius 1 is 0.970 bits per heavy atom. The molecule has 3 aromatic carbocycles. The summed E-state index contributed by atoms with van der Waals surface area (Å²) >= 11 is 0. The summed E-state index contributed by atoms with van der Waals surface area (Å²) in [4.78, 5) is 33.0. The smallest absolute Gasteiger partial charge is 0.318 e. The van der Waals surface area contributed by atoms with E-state index in [1.807, 2.05) is 88.4 Å². The molecule has 0 bridgehead atoms. The predicted octanol–water partition coefficient (Wildman–Crippen LogP) is 5.54. The number of urea groups is 1. The number of anilines is 1. The summed E-state index contributed by atoms with van der Waals surface area (Å²) in [5, 5.41) is 3.47. The third-order valence-electron chi connectivity index (χ3n) is 6.09. The van der Waals surface area contributed by atoms with Crippen molar-refractivity contribution in [3.63, 3.8) is 0 Å². The molecule has 1 heterocycles. The lowest BCUT2D eigenvalue weighted by Crippen LogP contribution is -2.37. The fourth-order valence-electron chi connectivity index (χ4n) is 3.83. The van der Waals surface area contributed by atoms with Crippen LogP contribution in [0, 0.1) is 20.8 Å². The van der Waals surface area contributed by atoms with Crippen molar-refractivity contribution in [1.29, 1.82) is 0 Å². The Bertz CT molecular complexity index is 1410. The standard InChI is InChI=1S/C27H28N4O2/c1-17-9-8-10-21(15-17)28-27(33)30(5)20(4)25-29-24-12-7-6-11-23(24)26(32)31(25)22-14-13-18(2)19(3)16-22/h6-16,20H,1-5H3,(H,28,33). The van der Waals surface area contributed by atoms with E-state index in [1.165, 1.54) is 0 Å². The largest absolute Gasteiger partial charge is 0.322 e. The fourth-order valence-corrected chi connectivity index (χ4v) is 3.83. The van der Waals surface area contributed by atoms with E-state index in [1.54, 1.807) is 22.6 Å². The number of benzene rings is 3. The first-order chi connectivity index (χ1) is 15.8. The van der Waals surface area contributed by atoms with E-state index in [4.69, 9.17) is 4.98 Å². The molecule has 4 rings (SSSR count). The van der Waals surface area contributed by atoms with Crippen LogP contribution in [0.1, 0.15) is 35.5 Å². The van der Waals surface area contributed by atoms with Crippen LogP contribution >= 0.6 is 0 Å². The van der Waals surface area contributed by atoms with Gasteiger partial charge in [0.1, 0.15) is 5.82 Å². The molecule has 1 atom stereocenters.